The summed E-state index contributed by atoms with van der Waals surface area (Å²) in [6.45, 7) is 0.410. The summed E-state index contributed by atoms with van der Waals surface area (Å²) in [5.74, 6) is 0.0478. The maximum Gasteiger partial charge on any atom is 0.233 e. The van der Waals surface area contributed by atoms with Crippen LogP contribution in [0.1, 0.15) is 17.5 Å². The lowest BCUT2D eigenvalue weighted by atomic mass is 9.88. The second-order valence-corrected chi connectivity index (χ2v) is 5.32. The fourth-order valence-electron chi connectivity index (χ4n) is 2.22. The predicted octanol–water partition coefficient (Wildman–Crippen LogP) is 1.64. The lowest BCUT2D eigenvalue weighted by Crippen LogP contribution is -2.40. The zero-order valence-corrected chi connectivity index (χ0v) is 11.5. The highest BCUT2D eigenvalue weighted by Crippen LogP contribution is 2.24. The van der Waals surface area contributed by atoms with Crippen molar-refractivity contribution in [3.63, 3.8) is 0 Å². The van der Waals surface area contributed by atoms with Crippen LogP contribution in [0.25, 0.3) is 0 Å². The number of benzene rings is 1. The van der Waals surface area contributed by atoms with Gasteiger partial charge >= 0.3 is 0 Å². The first-order chi connectivity index (χ1) is 8.19. The average Bonchev–Trinajstić information content (AvgIpc) is 2.35. The largest absolute Gasteiger partial charge is 0.358 e. The van der Waals surface area contributed by atoms with Crippen molar-refractivity contribution in [1.82, 2.24) is 10.6 Å². The van der Waals surface area contributed by atoms with Gasteiger partial charge in [0.05, 0.1) is 6.54 Å². The topological polar surface area (TPSA) is 41.1 Å². The van der Waals surface area contributed by atoms with Gasteiger partial charge in [-0.25, -0.2) is 0 Å². The smallest absolute Gasteiger partial charge is 0.233 e. The Morgan fingerprint density at radius 3 is 3.06 bits per heavy atom. The molecule has 1 aliphatic carbocycles. The van der Waals surface area contributed by atoms with E-state index in [2.05, 4.69) is 44.8 Å². The van der Waals surface area contributed by atoms with E-state index < -0.39 is 0 Å². The first kappa shape index (κ1) is 12.6. The lowest BCUT2D eigenvalue weighted by molar-refractivity contribution is -0.119. The van der Waals surface area contributed by atoms with E-state index in [1.807, 2.05) is 0 Å². The minimum absolute atomic E-state index is 0.0478. The Hall–Kier alpha value is -0.870. The van der Waals surface area contributed by atoms with Crippen LogP contribution >= 0.6 is 15.9 Å². The molecule has 2 rings (SSSR count). The molecular weight excluding hydrogens is 280 g/mol. The van der Waals surface area contributed by atoms with E-state index in [9.17, 15) is 4.79 Å². The van der Waals surface area contributed by atoms with Crippen LogP contribution in [0.2, 0.25) is 0 Å². The monoisotopic (exact) mass is 296 g/mol. The van der Waals surface area contributed by atoms with Crippen LogP contribution in [-0.4, -0.2) is 25.5 Å². The molecule has 0 spiro atoms. The van der Waals surface area contributed by atoms with Gasteiger partial charge in [-0.3, -0.25) is 4.79 Å². The van der Waals surface area contributed by atoms with Crippen LogP contribution in [0.5, 0.6) is 0 Å². The zero-order chi connectivity index (χ0) is 12.3. The molecule has 1 aromatic rings. The zero-order valence-electron chi connectivity index (χ0n) is 9.92. The molecule has 1 aliphatic rings. The number of carbonyl (C=O) groups excluding carboxylic acids is 1. The molecule has 4 heteroatoms. The quantitative estimate of drug-likeness (QED) is 0.890. The molecule has 3 nitrogen and oxygen atoms in total. The maximum atomic E-state index is 11.2. The van der Waals surface area contributed by atoms with E-state index in [1.54, 1.807) is 7.05 Å². The number of fused-ring (bicyclic) bond motifs is 1. The Kier molecular flexibility index (Phi) is 4.18. The van der Waals surface area contributed by atoms with Crippen LogP contribution in [0.15, 0.2) is 22.7 Å². The second-order valence-electron chi connectivity index (χ2n) is 4.41. The van der Waals surface area contributed by atoms with E-state index in [0.29, 0.717) is 12.6 Å². The van der Waals surface area contributed by atoms with Crippen molar-refractivity contribution in [1.29, 1.82) is 0 Å². The summed E-state index contributed by atoms with van der Waals surface area (Å²) in [7, 11) is 1.66. The van der Waals surface area contributed by atoms with Crippen LogP contribution in [0, 0.1) is 0 Å². The van der Waals surface area contributed by atoms with Gasteiger partial charge in [-0.2, -0.15) is 0 Å². The number of carbonyl (C=O) groups is 1. The van der Waals surface area contributed by atoms with Gasteiger partial charge in [0.1, 0.15) is 0 Å². The average molecular weight is 297 g/mol. The molecule has 1 atom stereocenters. The second kappa shape index (κ2) is 5.65. The minimum atomic E-state index is 0.0478. The summed E-state index contributed by atoms with van der Waals surface area (Å²) in [6, 6.07) is 6.87. The number of nitrogens with one attached hydrogen (secondary N) is 2. The van der Waals surface area contributed by atoms with Gasteiger partial charge in [0.15, 0.2) is 0 Å². The third-order valence-electron chi connectivity index (χ3n) is 3.23. The number of hydrogen-bond acceptors (Lipinski definition) is 2. The van der Waals surface area contributed by atoms with Crippen molar-refractivity contribution < 1.29 is 4.79 Å². The van der Waals surface area contributed by atoms with Crippen molar-refractivity contribution in [2.24, 2.45) is 0 Å². The molecule has 0 aliphatic heterocycles. The standard InChI is InChI=1S/C13H17BrN2O/c1-15-13(17)8-16-12-5-3-9-6-11(14)4-2-10(9)7-12/h2,4,6,12,16H,3,5,7-8H2,1H3,(H,15,17). The fourth-order valence-corrected chi connectivity index (χ4v) is 2.63. The molecule has 0 saturated carbocycles. The molecule has 0 radical (unpaired) electrons. The minimum Gasteiger partial charge on any atom is -0.358 e. The Morgan fingerprint density at radius 1 is 1.47 bits per heavy atom. The summed E-state index contributed by atoms with van der Waals surface area (Å²) in [5, 5.41) is 5.93. The first-order valence-electron chi connectivity index (χ1n) is 5.90. The molecule has 0 aromatic heterocycles. The van der Waals surface area contributed by atoms with Crippen LogP contribution in [0.4, 0.5) is 0 Å². The summed E-state index contributed by atoms with van der Waals surface area (Å²) >= 11 is 3.50. The van der Waals surface area contributed by atoms with Crippen molar-refractivity contribution in [3.05, 3.63) is 33.8 Å². The van der Waals surface area contributed by atoms with E-state index in [0.717, 1.165) is 23.7 Å². The molecule has 0 bridgehead atoms. The van der Waals surface area contributed by atoms with Gasteiger partial charge in [-0.05, 0) is 42.5 Å². The van der Waals surface area contributed by atoms with Gasteiger partial charge in [0.25, 0.3) is 0 Å². The van der Waals surface area contributed by atoms with Gasteiger partial charge in [-0.15, -0.1) is 0 Å². The maximum absolute atomic E-state index is 11.2. The van der Waals surface area contributed by atoms with Crippen molar-refractivity contribution in [2.75, 3.05) is 13.6 Å². The number of amides is 1. The third-order valence-corrected chi connectivity index (χ3v) is 3.72. The molecule has 2 N–H and O–H groups in total. The molecule has 1 amide bonds. The first-order valence-corrected chi connectivity index (χ1v) is 6.69. The number of hydrogen-bond donors (Lipinski definition) is 2. The number of rotatable bonds is 3. The molecular formula is C13H17BrN2O. The molecule has 1 aromatic carbocycles. The molecule has 17 heavy (non-hydrogen) atoms. The van der Waals surface area contributed by atoms with Crippen molar-refractivity contribution in [2.45, 2.75) is 25.3 Å². The Balaban J connectivity index is 1.94. The molecule has 1 unspecified atom stereocenters. The number of aryl methyl sites for hydroxylation is 1. The highest BCUT2D eigenvalue weighted by atomic mass is 79.9. The SMILES string of the molecule is CNC(=O)CNC1CCc2cc(Br)ccc2C1. The van der Waals surface area contributed by atoms with E-state index in [4.69, 9.17) is 0 Å². The van der Waals surface area contributed by atoms with Crippen molar-refractivity contribution >= 4 is 21.8 Å². The van der Waals surface area contributed by atoms with Gasteiger partial charge < -0.3 is 10.6 Å². The van der Waals surface area contributed by atoms with Gasteiger partial charge in [0, 0.05) is 17.6 Å². The summed E-state index contributed by atoms with van der Waals surface area (Å²) < 4.78 is 1.15. The van der Waals surface area contributed by atoms with Gasteiger partial charge in [-0.1, -0.05) is 22.0 Å². The highest BCUT2D eigenvalue weighted by Gasteiger charge is 2.18. The Morgan fingerprint density at radius 2 is 2.29 bits per heavy atom. The highest BCUT2D eigenvalue weighted by molar-refractivity contribution is 9.10. The Bertz CT molecular complexity index is 420. The predicted molar refractivity (Wildman–Crippen MR) is 72.0 cm³/mol. The van der Waals surface area contributed by atoms with Crippen molar-refractivity contribution in [3.8, 4) is 0 Å². The third kappa shape index (κ3) is 3.30. The molecule has 0 heterocycles. The van der Waals surface area contributed by atoms with Crippen LogP contribution < -0.4 is 10.6 Å². The lowest BCUT2D eigenvalue weighted by Gasteiger charge is -2.25. The van der Waals surface area contributed by atoms with Crippen LogP contribution in [0.3, 0.4) is 0 Å². The summed E-state index contributed by atoms with van der Waals surface area (Å²) in [5.41, 5.74) is 2.83. The van der Waals surface area contributed by atoms with E-state index in [-0.39, 0.29) is 5.91 Å². The number of halogens is 1. The van der Waals surface area contributed by atoms with Crippen LogP contribution in [-0.2, 0) is 17.6 Å². The fraction of sp³-hybridized carbons (Fsp3) is 0.462. The van der Waals surface area contributed by atoms with Gasteiger partial charge in [0.2, 0.25) is 5.91 Å². The Labute approximate surface area is 110 Å². The summed E-state index contributed by atoms with van der Waals surface area (Å²) in [6.07, 6.45) is 3.19. The summed E-state index contributed by atoms with van der Waals surface area (Å²) in [4.78, 5) is 11.2. The van der Waals surface area contributed by atoms with E-state index >= 15 is 0 Å². The van der Waals surface area contributed by atoms with E-state index in [1.165, 1.54) is 11.1 Å². The normalized spacial score (nSPS) is 18.6. The molecule has 92 valence electrons. The number of likely N-dealkylation sites (N-methyl/N-ethyl adjacent to an activating group) is 1. The molecule has 0 fully saturated rings. The molecule has 0 saturated heterocycles.